The molecule has 2 atom stereocenters. The molecule has 0 aliphatic carbocycles. The minimum atomic E-state index is -1.17. The Morgan fingerprint density at radius 3 is 2.80 bits per heavy atom. The zero-order chi connectivity index (χ0) is 24.8. The van der Waals surface area contributed by atoms with Crippen LogP contribution in [0.3, 0.4) is 0 Å². The quantitative estimate of drug-likeness (QED) is 0.318. The van der Waals surface area contributed by atoms with Gasteiger partial charge in [-0.3, -0.25) is 9.89 Å². The molecule has 0 spiro atoms. The lowest BCUT2D eigenvalue weighted by atomic mass is 10.2. The number of aliphatic hydroxyl groups is 1. The number of hydrogen-bond acceptors (Lipinski definition) is 9. The number of nitrogens with one attached hydrogen (secondary N) is 2. The lowest BCUT2D eigenvalue weighted by Crippen LogP contribution is -2.38. The molecule has 3 heterocycles. The van der Waals surface area contributed by atoms with Crippen LogP contribution in [0.25, 0.3) is 22.4 Å². The van der Waals surface area contributed by atoms with E-state index in [1.165, 1.54) is 24.5 Å². The Balaban J connectivity index is 1.65. The van der Waals surface area contributed by atoms with Gasteiger partial charge in [0, 0.05) is 11.8 Å². The van der Waals surface area contributed by atoms with Gasteiger partial charge in [-0.1, -0.05) is 23.7 Å². The van der Waals surface area contributed by atoms with E-state index >= 15 is 0 Å². The average Bonchev–Trinajstić information content (AvgIpc) is 3.36. The highest BCUT2D eigenvalue weighted by Gasteiger charge is 2.25. The van der Waals surface area contributed by atoms with Crippen LogP contribution >= 0.6 is 11.6 Å². The molecule has 0 bridgehead atoms. The van der Waals surface area contributed by atoms with Crippen molar-refractivity contribution in [2.45, 2.75) is 19.1 Å². The Morgan fingerprint density at radius 1 is 1.26 bits per heavy atom. The number of amides is 1. The Labute approximate surface area is 204 Å². The summed E-state index contributed by atoms with van der Waals surface area (Å²) in [5.74, 6) is 0.0272. The van der Waals surface area contributed by atoms with E-state index < -0.39 is 18.1 Å². The van der Waals surface area contributed by atoms with E-state index in [0.717, 1.165) is 0 Å². The normalized spacial score (nSPS) is 12.6. The molecular weight excluding hydrogens is 474 g/mol. The number of aliphatic hydroxyl groups excluding tert-OH is 1. The summed E-state index contributed by atoms with van der Waals surface area (Å²) in [7, 11) is 0. The number of ether oxygens (including phenoxy) is 2. The molecule has 1 amide bonds. The van der Waals surface area contributed by atoms with Crippen molar-refractivity contribution < 1.29 is 19.4 Å². The van der Waals surface area contributed by atoms with E-state index in [0.29, 0.717) is 27.2 Å². The van der Waals surface area contributed by atoms with Crippen LogP contribution < -0.4 is 10.1 Å². The highest BCUT2D eigenvalue weighted by Crippen LogP contribution is 2.30. The summed E-state index contributed by atoms with van der Waals surface area (Å²) in [5.41, 5.74) is 1.32. The van der Waals surface area contributed by atoms with Gasteiger partial charge in [0.05, 0.1) is 36.1 Å². The first-order chi connectivity index (χ1) is 17.0. The zero-order valence-electron chi connectivity index (χ0n) is 18.5. The maximum absolute atomic E-state index is 13.1. The van der Waals surface area contributed by atoms with E-state index in [1.54, 1.807) is 31.2 Å². The van der Waals surface area contributed by atoms with Gasteiger partial charge in [-0.2, -0.15) is 15.3 Å². The number of nitrogens with zero attached hydrogens (tertiary/aromatic N) is 5. The van der Waals surface area contributed by atoms with Crippen LogP contribution in [-0.2, 0) is 9.53 Å². The second-order valence-electron chi connectivity index (χ2n) is 7.43. The minimum Gasteiger partial charge on any atom is -0.461 e. The Kier molecular flexibility index (Phi) is 7.47. The van der Waals surface area contributed by atoms with Gasteiger partial charge in [-0.15, -0.1) is 0 Å². The molecule has 0 unspecified atom stereocenters. The molecule has 3 aromatic heterocycles. The van der Waals surface area contributed by atoms with Gasteiger partial charge in [0.15, 0.2) is 11.5 Å². The van der Waals surface area contributed by atoms with Crippen molar-refractivity contribution in [3.8, 4) is 23.3 Å². The molecule has 178 valence electrons. The molecule has 0 saturated carbocycles. The summed E-state index contributed by atoms with van der Waals surface area (Å²) in [6.45, 7) is 1.24. The van der Waals surface area contributed by atoms with Crippen LogP contribution in [0.1, 0.15) is 12.5 Å². The molecule has 4 aromatic rings. The van der Waals surface area contributed by atoms with Gasteiger partial charge in [-0.25, -0.2) is 9.97 Å². The summed E-state index contributed by atoms with van der Waals surface area (Å²) in [6, 6.07) is 12.0. The number of rotatable bonds is 9. The molecule has 0 aliphatic rings. The van der Waals surface area contributed by atoms with Gasteiger partial charge in [-0.05, 0) is 31.2 Å². The standard InChI is InChI=1S/C23H20ClN7O4/c1-13(11-32)34-12-18(22(33)28-19-7-6-14(8-25)9-26-19)35-23-16-10-27-31-21(16)29-20(30-23)15-4-2-3-5-17(15)24/h2-7,9-10,13,18,32H,11-12H2,1H3,(H,26,28,33)(H,27,29,30,31)/t13-,18+/m1/s1. The molecule has 12 heteroatoms. The third kappa shape index (κ3) is 5.70. The van der Waals surface area contributed by atoms with Crippen molar-refractivity contribution in [1.82, 2.24) is 25.1 Å². The predicted octanol–water partition coefficient (Wildman–Crippen LogP) is 2.72. The van der Waals surface area contributed by atoms with Crippen LogP contribution in [0.4, 0.5) is 5.82 Å². The Hall–Kier alpha value is -4.11. The summed E-state index contributed by atoms with van der Waals surface area (Å²) >= 11 is 6.32. The number of H-pyrrole nitrogens is 1. The van der Waals surface area contributed by atoms with Crippen LogP contribution in [-0.4, -0.2) is 61.6 Å². The maximum atomic E-state index is 13.1. The molecule has 0 saturated heterocycles. The molecule has 0 radical (unpaired) electrons. The first-order valence-electron chi connectivity index (χ1n) is 10.5. The number of halogens is 1. The van der Waals surface area contributed by atoms with Gasteiger partial charge in [0.1, 0.15) is 17.3 Å². The molecule has 0 fully saturated rings. The van der Waals surface area contributed by atoms with Crippen LogP contribution in [0, 0.1) is 11.3 Å². The lowest BCUT2D eigenvalue weighted by molar-refractivity contribution is -0.127. The smallest absolute Gasteiger partial charge is 0.269 e. The van der Waals surface area contributed by atoms with Crippen molar-refractivity contribution in [3.63, 3.8) is 0 Å². The number of carbonyl (C=O) groups is 1. The average molecular weight is 494 g/mol. The maximum Gasteiger partial charge on any atom is 0.269 e. The number of aromatic nitrogens is 5. The highest BCUT2D eigenvalue weighted by molar-refractivity contribution is 6.33. The lowest BCUT2D eigenvalue weighted by Gasteiger charge is -2.20. The first-order valence-corrected chi connectivity index (χ1v) is 10.9. The number of benzene rings is 1. The van der Waals surface area contributed by atoms with Crippen molar-refractivity contribution in [2.75, 3.05) is 18.5 Å². The van der Waals surface area contributed by atoms with E-state index in [9.17, 15) is 9.90 Å². The number of fused-ring (bicyclic) bond motifs is 1. The van der Waals surface area contributed by atoms with E-state index in [1.807, 2.05) is 6.07 Å². The second kappa shape index (κ2) is 10.9. The number of anilines is 1. The fraction of sp³-hybridized carbons (Fsp3) is 0.217. The highest BCUT2D eigenvalue weighted by atomic mass is 35.5. The summed E-state index contributed by atoms with van der Waals surface area (Å²) < 4.78 is 11.6. The van der Waals surface area contributed by atoms with Crippen molar-refractivity contribution in [3.05, 3.63) is 59.4 Å². The van der Waals surface area contributed by atoms with Crippen molar-refractivity contribution in [1.29, 1.82) is 5.26 Å². The van der Waals surface area contributed by atoms with E-state index in [2.05, 4.69) is 30.5 Å². The molecule has 3 N–H and O–H groups in total. The van der Waals surface area contributed by atoms with E-state index in [4.69, 9.17) is 26.3 Å². The fourth-order valence-electron chi connectivity index (χ4n) is 3.00. The Morgan fingerprint density at radius 2 is 2.09 bits per heavy atom. The molecule has 0 aliphatic heterocycles. The molecule has 35 heavy (non-hydrogen) atoms. The summed E-state index contributed by atoms with van der Waals surface area (Å²) in [6.07, 6.45) is 1.12. The number of hydrogen-bond donors (Lipinski definition) is 3. The van der Waals surface area contributed by atoms with Gasteiger partial charge in [0.2, 0.25) is 12.0 Å². The number of pyridine rings is 1. The number of aromatic amines is 1. The van der Waals surface area contributed by atoms with Gasteiger partial charge < -0.3 is 19.9 Å². The fourth-order valence-corrected chi connectivity index (χ4v) is 3.22. The van der Waals surface area contributed by atoms with Crippen LogP contribution in [0.5, 0.6) is 5.88 Å². The second-order valence-corrected chi connectivity index (χ2v) is 7.84. The van der Waals surface area contributed by atoms with Crippen LogP contribution in [0.2, 0.25) is 5.02 Å². The molecule has 1 aromatic carbocycles. The number of nitriles is 1. The molecule has 4 rings (SSSR count). The zero-order valence-corrected chi connectivity index (χ0v) is 19.2. The largest absolute Gasteiger partial charge is 0.461 e. The minimum absolute atomic E-state index is 0.0897. The van der Waals surface area contributed by atoms with Gasteiger partial charge >= 0.3 is 0 Å². The Bertz CT molecular complexity index is 1370. The predicted molar refractivity (Wildman–Crippen MR) is 127 cm³/mol. The van der Waals surface area contributed by atoms with Gasteiger partial charge in [0.25, 0.3) is 5.91 Å². The molecular formula is C23H20ClN7O4. The SMILES string of the molecule is C[C@H](CO)OC[C@H](Oc1nc(-c2ccccc2Cl)nc2[nH]ncc12)C(=O)Nc1ccc(C#N)cn1. The summed E-state index contributed by atoms with van der Waals surface area (Å²) in [4.78, 5) is 26.1. The third-order valence-corrected chi connectivity index (χ3v) is 5.20. The summed E-state index contributed by atoms with van der Waals surface area (Å²) in [5, 5.41) is 28.6. The third-order valence-electron chi connectivity index (χ3n) is 4.87. The van der Waals surface area contributed by atoms with Crippen molar-refractivity contribution >= 4 is 34.4 Å². The monoisotopic (exact) mass is 493 g/mol. The number of carbonyl (C=O) groups excluding carboxylic acids is 1. The topological polar surface area (TPSA) is 159 Å². The first kappa shape index (κ1) is 24.0. The van der Waals surface area contributed by atoms with Crippen molar-refractivity contribution in [2.24, 2.45) is 0 Å². The van der Waals surface area contributed by atoms with E-state index in [-0.39, 0.29) is 30.7 Å². The van der Waals surface area contributed by atoms with Crippen LogP contribution in [0.15, 0.2) is 48.8 Å². The molecule has 11 nitrogen and oxygen atoms in total.